The first-order valence-electron chi connectivity index (χ1n) is 6.98. The third kappa shape index (κ3) is 3.25. The Morgan fingerprint density at radius 2 is 2.05 bits per heavy atom. The summed E-state index contributed by atoms with van der Waals surface area (Å²) in [5.74, 6) is 0.923. The van der Waals surface area contributed by atoms with Gasteiger partial charge in [-0.2, -0.15) is 0 Å². The Bertz CT molecular complexity index is 643. The molecule has 0 N–H and O–H groups in total. The number of rotatable bonds is 3. The Hall–Kier alpha value is -0.260. The van der Waals surface area contributed by atoms with Gasteiger partial charge in [0.1, 0.15) is 5.75 Å². The lowest BCUT2D eigenvalue weighted by Gasteiger charge is -2.29. The van der Waals surface area contributed by atoms with Crippen LogP contribution in [0.3, 0.4) is 0 Å². The quantitative estimate of drug-likeness (QED) is 0.716. The van der Waals surface area contributed by atoms with E-state index in [2.05, 4.69) is 15.9 Å². The Labute approximate surface area is 140 Å². The average molecular weight is 396 g/mol. The van der Waals surface area contributed by atoms with Crippen LogP contribution in [0.15, 0.2) is 10.5 Å². The number of sulfone groups is 1. The highest BCUT2D eigenvalue weighted by Crippen LogP contribution is 2.44. The minimum Gasteiger partial charge on any atom is -0.496 e. The van der Waals surface area contributed by atoms with Gasteiger partial charge in [-0.05, 0) is 43.9 Å². The molecule has 0 aliphatic carbocycles. The molecule has 1 aliphatic heterocycles. The second-order valence-corrected chi connectivity index (χ2v) is 9.21. The standard InChI is InChI=1S/C15H20BrClO3S/c1-9-8-11(16)10(2)13(15(9)20-3)14(17)12-6-4-5-7-21(12,18)19/h8,12,14H,4-7H2,1-3H3. The second-order valence-electron chi connectivity index (χ2n) is 5.55. The van der Waals surface area contributed by atoms with Crippen LogP contribution in [-0.4, -0.2) is 26.5 Å². The van der Waals surface area contributed by atoms with Gasteiger partial charge in [0, 0.05) is 10.0 Å². The van der Waals surface area contributed by atoms with E-state index in [1.807, 2.05) is 19.9 Å². The zero-order valence-corrected chi connectivity index (χ0v) is 15.6. The lowest BCUT2D eigenvalue weighted by molar-refractivity contribution is 0.403. The van der Waals surface area contributed by atoms with Crippen LogP contribution in [-0.2, 0) is 9.84 Å². The molecule has 0 radical (unpaired) electrons. The van der Waals surface area contributed by atoms with E-state index in [1.54, 1.807) is 7.11 Å². The Kier molecular flexibility index (Phi) is 5.27. The number of hydrogen-bond donors (Lipinski definition) is 0. The summed E-state index contributed by atoms with van der Waals surface area (Å²) in [5, 5.41) is -1.12. The fraction of sp³-hybridized carbons (Fsp3) is 0.600. The molecule has 3 nitrogen and oxygen atoms in total. The molecule has 0 saturated carbocycles. The van der Waals surface area contributed by atoms with E-state index in [-0.39, 0.29) is 5.75 Å². The van der Waals surface area contributed by atoms with Crippen molar-refractivity contribution in [3.05, 3.63) is 27.2 Å². The van der Waals surface area contributed by atoms with E-state index >= 15 is 0 Å². The van der Waals surface area contributed by atoms with Crippen molar-refractivity contribution in [2.45, 2.75) is 43.7 Å². The van der Waals surface area contributed by atoms with E-state index in [4.69, 9.17) is 16.3 Å². The summed E-state index contributed by atoms with van der Waals surface area (Å²) >= 11 is 10.1. The van der Waals surface area contributed by atoms with Gasteiger partial charge in [0.2, 0.25) is 0 Å². The van der Waals surface area contributed by atoms with E-state index in [0.29, 0.717) is 12.2 Å². The third-order valence-corrected chi connectivity index (χ3v) is 7.93. The highest BCUT2D eigenvalue weighted by molar-refractivity contribution is 9.10. The molecule has 0 amide bonds. The van der Waals surface area contributed by atoms with Crippen molar-refractivity contribution in [2.24, 2.45) is 0 Å². The van der Waals surface area contributed by atoms with Gasteiger partial charge in [-0.3, -0.25) is 0 Å². The van der Waals surface area contributed by atoms with Crippen molar-refractivity contribution < 1.29 is 13.2 Å². The van der Waals surface area contributed by atoms with Gasteiger partial charge in [0.05, 0.1) is 23.5 Å². The van der Waals surface area contributed by atoms with Crippen molar-refractivity contribution in [1.82, 2.24) is 0 Å². The minimum atomic E-state index is -3.14. The van der Waals surface area contributed by atoms with Gasteiger partial charge in [0.15, 0.2) is 9.84 Å². The Morgan fingerprint density at radius 1 is 1.38 bits per heavy atom. The second kappa shape index (κ2) is 6.47. The molecule has 21 heavy (non-hydrogen) atoms. The minimum absolute atomic E-state index is 0.231. The summed E-state index contributed by atoms with van der Waals surface area (Å²) in [6.07, 6.45) is 2.25. The maximum atomic E-state index is 12.3. The predicted octanol–water partition coefficient (Wildman–Crippen LogP) is 4.32. The van der Waals surface area contributed by atoms with Crippen molar-refractivity contribution in [1.29, 1.82) is 0 Å². The molecule has 1 aliphatic rings. The first-order valence-corrected chi connectivity index (χ1v) is 9.93. The van der Waals surface area contributed by atoms with E-state index in [9.17, 15) is 8.42 Å². The maximum Gasteiger partial charge on any atom is 0.154 e. The largest absolute Gasteiger partial charge is 0.496 e. The predicted molar refractivity (Wildman–Crippen MR) is 90.2 cm³/mol. The third-order valence-electron chi connectivity index (χ3n) is 4.14. The van der Waals surface area contributed by atoms with Gasteiger partial charge >= 0.3 is 0 Å². The molecule has 6 heteroatoms. The molecule has 0 spiro atoms. The maximum absolute atomic E-state index is 12.3. The summed E-state index contributed by atoms with van der Waals surface area (Å²) in [4.78, 5) is 0. The molecular weight excluding hydrogens is 376 g/mol. The Morgan fingerprint density at radius 3 is 2.62 bits per heavy atom. The highest BCUT2D eigenvalue weighted by atomic mass is 79.9. The van der Waals surface area contributed by atoms with E-state index in [0.717, 1.165) is 34.0 Å². The number of hydrogen-bond acceptors (Lipinski definition) is 3. The lowest BCUT2D eigenvalue weighted by Crippen LogP contribution is -2.32. The molecule has 2 atom stereocenters. The summed E-state index contributed by atoms with van der Waals surface area (Å²) in [5.41, 5.74) is 2.68. The first kappa shape index (κ1) is 17.1. The smallest absolute Gasteiger partial charge is 0.154 e. The molecule has 2 rings (SSSR count). The monoisotopic (exact) mass is 394 g/mol. The number of ether oxygens (including phenoxy) is 1. The summed E-state index contributed by atoms with van der Waals surface area (Å²) in [6.45, 7) is 3.87. The molecule has 1 aromatic rings. The molecule has 1 heterocycles. The van der Waals surface area contributed by atoms with Gasteiger partial charge in [0.25, 0.3) is 0 Å². The zero-order valence-electron chi connectivity index (χ0n) is 12.4. The van der Waals surface area contributed by atoms with Crippen LogP contribution < -0.4 is 4.74 Å². The molecular formula is C15H20BrClO3S. The van der Waals surface area contributed by atoms with Crippen LogP contribution in [0.4, 0.5) is 0 Å². The number of alkyl halides is 1. The van der Waals surface area contributed by atoms with Gasteiger partial charge < -0.3 is 4.74 Å². The van der Waals surface area contributed by atoms with Crippen molar-refractivity contribution >= 4 is 37.4 Å². The van der Waals surface area contributed by atoms with Crippen LogP contribution in [0, 0.1) is 13.8 Å². The summed E-state index contributed by atoms with van der Waals surface area (Å²) in [7, 11) is -1.55. The number of benzene rings is 1. The summed E-state index contributed by atoms with van der Waals surface area (Å²) in [6, 6.07) is 1.97. The molecule has 1 fully saturated rings. The Balaban J connectivity index is 2.55. The summed E-state index contributed by atoms with van der Waals surface area (Å²) < 4.78 is 31.1. The van der Waals surface area contributed by atoms with Gasteiger partial charge in [-0.25, -0.2) is 8.42 Å². The SMILES string of the molecule is COc1c(C)cc(Br)c(C)c1C(Cl)C1CCCCS1(=O)=O. The van der Waals surface area contributed by atoms with Gasteiger partial charge in [-0.15, -0.1) is 11.6 Å². The molecule has 0 bridgehead atoms. The fourth-order valence-corrected chi connectivity index (χ4v) is 6.32. The van der Waals surface area contributed by atoms with Crippen molar-refractivity contribution in [3.63, 3.8) is 0 Å². The van der Waals surface area contributed by atoms with Crippen LogP contribution in [0.1, 0.15) is 41.3 Å². The fourth-order valence-electron chi connectivity index (χ4n) is 2.97. The molecule has 1 aromatic carbocycles. The average Bonchev–Trinajstić information content (AvgIpc) is 2.41. The lowest BCUT2D eigenvalue weighted by atomic mass is 9.97. The van der Waals surface area contributed by atoms with Crippen LogP contribution >= 0.6 is 27.5 Å². The number of aryl methyl sites for hydroxylation is 1. The zero-order chi connectivity index (χ0) is 15.8. The topological polar surface area (TPSA) is 43.4 Å². The van der Waals surface area contributed by atoms with Crippen molar-refractivity contribution in [2.75, 3.05) is 12.9 Å². The van der Waals surface area contributed by atoms with E-state index in [1.165, 1.54) is 0 Å². The van der Waals surface area contributed by atoms with E-state index < -0.39 is 20.5 Å². The molecule has 2 unspecified atom stereocenters. The van der Waals surface area contributed by atoms with Crippen LogP contribution in [0.25, 0.3) is 0 Å². The van der Waals surface area contributed by atoms with Gasteiger partial charge in [-0.1, -0.05) is 22.4 Å². The molecule has 0 aromatic heterocycles. The normalized spacial score (nSPS) is 22.8. The number of methoxy groups -OCH3 is 1. The molecule has 1 saturated heterocycles. The first-order chi connectivity index (χ1) is 9.79. The van der Waals surface area contributed by atoms with Crippen LogP contribution in [0.2, 0.25) is 0 Å². The number of halogens is 2. The molecule has 118 valence electrons. The van der Waals surface area contributed by atoms with Crippen molar-refractivity contribution in [3.8, 4) is 5.75 Å². The highest BCUT2D eigenvalue weighted by Gasteiger charge is 2.37. The van der Waals surface area contributed by atoms with Crippen LogP contribution in [0.5, 0.6) is 5.75 Å².